The Morgan fingerprint density at radius 3 is 1.47 bits per heavy atom. The van der Waals surface area contributed by atoms with Crippen LogP contribution >= 0.6 is 0 Å². The Morgan fingerprint density at radius 1 is 0.388 bits per heavy atom. The molecule has 8 aromatic carbocycles. The van der Waals surface area contributed by atoms with E-state index in [0.29, 0.717) is 5.90 Å². The summed E-state index contributed by atoms with van der Waals surface area (Å²) in [4.78, 5) is 5.00. The third-order valence-corrected chi connectivity index (χ3v) is 10.7. The SMILES string of the molecule is CC1(C)N=C(c2cccc(-c3ccc4c(-c5ccc6ccccc6c5)c5ccccc5c(-c5ccc6ccccc6c5)c4c3)c2)OC1(C)C. The van der Waals surface area contributed by atoms with Crippen LogP contribution in [-0.2, 0) is 4.74 Å². The van der Waals surface area contributed by atoms with Crippen LogP contribution in [0.25, 0.3) is 76.5 Å². The van der Waals surface area contributed by atoms with Gasteiger partial charge in [0.2, 0.25) is 5.90 Å². The minimum absolute atomic E-state index is 0.309. The maximum atomic E-state index is 6.42. The van der Waals surface area contributed by atoms with Gasteiger partial charge in [0.25, 0.3) is 0 Å². The van der Waals surface area contributed by atoms with Crippen molar-refractivity contribution in [2.24, 2.45) is 4.99 Å². The molecule has 0 amide bonds. The zero-order valence-corrected chi connectivity index (χ0v) is 28.3. The van der Waals surface area contributed by atoms with E-state index in [2.05, 4.69) is 179 Å². The Morgan fingerprint density at radius 2 is 0.878 bits per heavy atom. The molecule has 0 fully saturated rings. The Balaban J connectivity index is 1.32. The smallest absolute Gasteiger partial charge is 0.217 e. The topological polar surface area (TPSA) is 21.6 Å². The maximum Gasteiger partial charge on any atom is 0.217 e. The zero-order valence-electron chi connectivity index (χ0n) is 28.3. The second-order valence-electron chi connectivity index (χ2n) is 14.3. The predicted octanol–water partition coefficient (Wildman–Crippen LogP) is 12.6. The molecule has 0 unspecified atom stereocenters. The highest BCUT2D eigenvalue weighted by molar-refractivity contribution is 6.22. The van der Waals surface area contributed by atoms with Gasteiger partial charge in [-0.15, -0.1) is 0 Å². The number of aliphatic imine (C=N–C) groups is 1. The van der Waals surface area contributed by atoms with E-state index < -0.39 is 0 Å². The van der Waals surface area contributed by atoms with Gasteiger partial charge in [0.15, 0.2) is 0 Å². The first kappa shape index (κ1) is 29.4. The number of fused-ring (bicyclic) bond motifs is 4. The number of ether oxygens (including phenoxy) is 1. The van der Waals surface area contributed by atoms with Crippen molar-refractivity contribution in [1.29, 1.82) is 0 Å². The normalized spacial score (nSPS) is 15.1. The van der Waals surface area contributed by atoms with Gasteiger partial charge in [-0.3, -0.25) is 0 Å². The monoisotopic (exact) mass is 631 g/mol. The molecule has 0 aromatic heterocycles. The summed E-state index contributed by atoms with van der Waals surface area (Å²) in [6, 6.07) is 55.5. The lowest BCUT2D eigenvalue weighted by Crippen LogP contribution is -2.41. The minimum Gasteiger partial charge on any atom is -0.469 e. The van der Waals surface area contributed by atoms with Gasteiger partial charge in [-0.2, -0.15) is 0 Å². The lowest BCUT2D eigenvalue weighted by molar-refractivity contribution is 0.0619. The molecule has 2 heteroatoms. The second kappa shape index (κ2) is 10.9. The van der Waals surface area contributed by atoms with Crippen molar-refractivity contribution in [2.45, 2.75) is 38.8 Å². The molecule has 0 bridgehead atoms. The average Bonchev–Trinajstić information content (AvgIpc) is 3.35. The molecule has 0 saturated heterocycles. The van der Waals surface area contributed by atoms with E-state index in [9.17, 15) is 0 Å². The van der Waals surface area contributed by atoms with Crippen molar-refractivity contribution in [3.63, 3.8) is 0 Å². The van der Waals surface area contributed by atoms with Crippen molar-refractivity contribution >= 4 is 49.0 Å². The fraction of sp³-hybridized carbons (Fsp3) is 0.128. The minimum atomic E-state index is -0.379. The van der Waals surface area contributed by atoms with E-state index in [1.54, 1.807) is 0 Å². The van der Waals surface area contributed by atoms with Crippen LogP contribution in [0.5, 0.6) is 0 Å². The highest BCUT2D eigenvalue weighted by Crippen LogP contribution is 2.46. The zero-order chi connectivity index (χ0) is 33.3. The highest BCUT2D eigenvalue weighted by atomic mass is 16.5. The van der Waals surface area contributed by atoms with Crippen molar-refractivity contribution in [2.75, 3.05) is 0 Å². The fourth-order valence-corrected chi connectivity index (χ4v) is 7.40. The van der Waals surface area contributed by atoms with Gasteiger partial charge in [-0.25, -0.2) is 4.99 Å². The molecule has 1 heterocycles. The summed E-state index contributed by atoms with van der Waals surface area (Å²) >= 11 is 0. The van der Waals surface area contributed by atoms with Gasteiger partial charge in [0, 0.05) is 5.56 Å². The van der Waals surface area contributed by atoms with Crippen LogP contribution in [0, 0.1) is 0 Å². The Labute approximate surface area is 287 Å². The van der Waals surface area contributed by atoms with Crippen molar-refractivity contribution in [1.82, 2.24) is 0 Å². The first-order chi connectivity index (χ1) is 23.8. The summed E-state index contributed by atoms with van der Waals surface area (Å²) in [6.45, 7) is 8.50. The van der Waals surface area contributed by atoms with Crippen LogP contribution in [0.1, 0.15) is 33.3 Å². The summed E-state index contributed by atoms with van der Waals surface area (Å²) < 4.78 is 6.42. The van der Waals surface area contributed by atoms with Crippen LogP contribution in [0.2, 0.25) is 0 Å². The lowest BCUT2D eigenvalue weighted by atomic mass is 9.84. The number of hydrogen-bond donors (Lipinski definition) is 0. The van der Waals surface area contributed by atoms with Gasteiger partial charge in [0.1, 0.15) is 5.60 Å². The molecule has 8 aromatic rings. The van der Waals surface area contributed by atoms with Crippen LogP contribution in [0.3, 0.4) is 0 Å². The van der Waals surface area contributed by atoms with E-state index in [1.807, 2.05) is 0 Å². The summed E-state index contributed by atoms with van der Waals surface area (Å²) in [5.41, 5.74) is 7.57. The number of hydrogen-bond acceptors (Lipinski definition) is 2. The van der Waals surface area contributed by atoms with Gasteiger partial charge < -0.3 is 4.74 Å². The molecule has 0 atom stereocenters. The van der Waals surface area contributed by atoms with Gasteiger partial charge in [0.05, 0.1) is 5.54 Å². The molecule has 0 saturated carbocycles. The van der Waals surface area contributed by atoms with Crippen LogP contribution in [0.4, 0.5) is 0 Å². The van der Waals surface area contributed by atoms with Gasteiger partial charge in [-0.05, 0) is 134 Å². The molecule has 0 N–H and O–H groups in total. The van der Waals surface area contributed by atoms with E-state index in [-0.39, 0.29) is 11.1 Å². The van der Waals surface area contributed by atoms with Crippen molar-refractivity contribution < 1.29 is 4.74 Å². The van der Waals surface area contributed by atoms with E-state index >= 15 is 0 Å². The summed E-state index contributed by atoms with van der Waals surface area (Å²) in [5, 5.41) is 9.95. The van der Waals surface area contributed by atoms with Gasteiger partial charge in [-0.1, -0.05) is 121 Å². The second-order valence-corrected chi connectivity index (χ2v) is 14.3. The van der Waals surface area contributed by atoms with Crippen molar-refractivity contribution in [3.8, 4) is 33.4 Å². The van der Waals surface area contributed by atoms with E-state index in [4.69, 9.17) is 9.73 Å². The first-order valence-corrected chi connectivity index (χ1v) is 17.1. The fourth-order valence-electron chi connectivity index (χ4n) is 7.40. The quantitative estimate of drug-likeness (QED) is 0.177. The molecular formula is C47H37NO. The molecule has 236 valence electrons. The summed E-state index contributed by atoms with van der Waals surface area (Å²) in [7, 11) is 0. The first-order valence-electron chi connectivity index (χ1n) is 17.1. The molecule has 0 radical (unpaired) electrons. The number of benzene rings is 8. The molecule has 0 aliphatic carbocycles. The van der Waals surface area contributed by atoms with Crippen LogP contribution in [-0.4, -0.2) is 17.0 Å². The van der Waals surface area contributed by atoms with Crippen LogP contribution in [0.15, 0.2) is 157 Å². The Hall–Kier alpha value is -5.73. The molecular weight excluding hydrogens is 595 g/mol. The Bertz CT molecular complexity index is 2640. The number of nitrogens with zero attached hydrogens (tertiary/aromatic N) is 1. The third kappa shape index (κ3) is 4.82. The molecule has 0 spiro atoms. The molecule has 49 heavy (non-hydrogen) atoms. The standard InChI is InChI=1S/C47H37NO/c1-46(2)47(3,4)49-45(48-46)38-17-11-16-34(28-38)35-24-25-41-42(29-35)44(37-23-21-31-13-6-8-15-33(31)27-37)40-19-10-9-18-39(40)43(41)36-22-20-30-12-5-7-14-32(30)26-36/h5-29H,1-4H3. The molecule has 1 aliphatic rings. The number of rotatable bonds is 4. The lowest BCUT2D eigenvalue weighted by Gasteiger charge is -2.30. The largest absolute Gasteiger partial charge is 0.469 e. The Kier molecular flexibility index (Phi) is 6.54. The van der Waals surface area contributed by atoms with Gasteiger partial charge >= 0.3 is 0 Å². The third-order valence-electron chi connectivity index (χ3n) is 10.7. The average molecular weight is 632 g/mol. The predicted molar refractivity (Wildman–Crippen MR) is 209 cm³/mol. The van der Waals surface area contributed by atoms with Crippen molar-refractivity contribution in [3.05, 3.63) is 157 Å². The molecule has 9 rings (SSSR count). The van der Waals surface area contributed by atoms with E-state index in [0.717, 1.165) is 16.7 Å². The van der Waals surface area contributed by atoms with E-state index in [1.165, 1.54) is 65.3 Å². The highest BCUT2D eigenvalue weighted by Gasteiger charge is 2.45. The summed E-state index contributed by atoms with van der Waals surface area (Å²) in [5.74, 6) is 0.707. The molecule has 2 nitrogen and oxygen atoms in total. The maximum absolute atomic E-state index is 6.42. The summed E-state index contributed by atoms with van der Waals surface area (Å²) in [6.07, 6.45) is 0. The van der Waals surface area contributed by atoms with Crippen LogP contribution < -0.4 is 0 Å². The molecule has 1 aliphatic heterocycles.